The first-order chi connectivity index (χ1) is 17.6. The van der Waals surface area contributed by atoms with Gasteiger partial charge in [0.25, 0.3) is 0 Å². The molecule has 0 saturated carbocycles. The smallest absolute Gasteiger partial charge is 0.000463 e. The fourth-order valence-electron chi connectivity index (χ4n) is 6.31. The van der Waals surface area contributed by atoms with E-state index in [-0.39, 0.29) is 0 Å². The van der Waals surface area contributed by atoms with Crippen LogP contribution in [-0.4, -0.2) is 4.43 Å². The third-order valence-electron chi connectivity index (χ3n) is 8.77. The van der Waals surface area contributed by atoms with E-state index < -0.39 is 0 Å². The predicted molar refractivity (Wildman–Crippen MR) is 181 cm³/mol. The van der Waals surface area contributed by atoms with Crippen LogP contribution < -0.4 is 0 Å². The van der Waals surface area contributed by atoms with Crippen molar-refractivity contribution in [2.45, 2.75) is 184 Å². The molecule has 0 fully saturated rings. The lowest BCUT2D eigenvalue weighted by Gasteiger charge is -2.22. The topological polar surface area (TPSA) is 0 Å². The highest BCUT2D eigenvalue weighted by Crippen LogP contribution is 2.30. The lowest BCUT2D eigenvalue weighted by Crippen LogP contribution is -2.08. The SMILES string of the molecule is CC(C)CCCC(CCCC(C)C)CCCC(CCCI)CCCC(CCCC(C)C)CCCC(C)C. The van der Waals surface area contributed by atoms with Gasteiger partial charge >= 0.3 is 0 Å². The van der Waals surface area contributed by atoms with Crippen LogP contribution >= 0.6 is 22.6 Å². The van der Waals surface area contributed by atoms with Crippen molar-refractivity contribution in [3.05, 3.63) is 0 Å². The summed E-state index contributed by atoms with van der Waals surface area (Å²) in [6, 6.07) is 0. The molecule has 37 heavy (non-hydrogen) atoms. The largest absolute Gasteiger partial charge is 0.0864 e. The van der Waals surface area contributed by atoms with Gasteiger partial charge in [-0.25, -0.2) is 0 Å². The van der Waals surface area contributed by atoms with E-state index in [1.54, 1.807) is 0 Å². The zero-order valence-corrected chi connectivity index (χ0v) is 29.4. The van der Waals surface area contributed by atoms with Crippen LogP contribution in [0.4, 0.5) is 0 Å². The Kier molecular flexibility index (Phi) is 26.2. The molecule has 0 aliphatic heterocycles. The molecule has 1 heteroatoms. The standard InChI is InChI=1S/C36H73I/c1-30(2)16-9-20-34(21-10-17-31(3)4)24-13-26-36(28-15-29-37)27-14-25-35(22-11-18-32(5)6)23-12-19-33(7)8/h30-36H,9-29H2,1-8H3. The minimum Gasteiger partial charge on any atom is -0.0864 e. The molecule has 0 aliphatic carbocycles. The molecule has 0 aromatic rings. The molecule has 0 N–H and O–H groups in total. The van der Waals surface area contributed by atoms with E-state index in [1.165, 1.54) is 133 Å². The molecule has 0 atom stereocenters. The Morgan fingerprint density at radius 3 is 0.676 bits per heavy atom. The molecule has 0 radical (unpaired) electrons. The Balaban J connectivity index is 4.65. The van der Waals surface area contributed by atoms with Crippen molar-refractivity contribution in [3.63, 3.8) is 0 Å². The van der Waals surface area contributed by atoms with Crippen LogP contribution in [0.25, 0.3) is 0 Å². The first kappa shape index (κ1) is 37.7. The Morgan fingerprint density at radius 1 is 0.297 bits per heavy atom. The Labute approximate surface area is 251 Å². The minimum atomic E-state index is 0.869. The molecule has 224 valence electrons. The normalized spacial score (nSPS) is 12.6. The Hall–Kier alpha value is 0.730. The lowest BCUT2D eigenvalue weighted by atomic mass is 9.84. The molecule has 0 aromatic heterocycles. The summed E-state index contributed by atoms with van der Waals surface area (Å²) in [6.45, 7) is 19.1. The molecule has 0 saturated heterocycles. The van der Waals surface area contributed by atoms with Crippen molar-refractivity contribution in [2.24, 2.45) is 41.4 Å². The first-order valence-corrected chi connectivity index (χ1v) is 18.7. The summed E-state index contributed by atoms with van der Waals surface area (Å²) in [7, 11) is 0. The van der Waals surface area contributed by atoms with E-state index >= 15 is 0 Å². The van der Waals surface area contributed by atoms with Crippen LogP contribution in [-0.2, 0) is 0 Å². The maximum atomic E-state index is 2.60. The molecule has 0 heterocycles. The van der Waals surface area contributed by atoms with Crippen molar-refractivity contribution >= 4 is 22.6 Å². The monoisotopic (exact) mass is 632 g/mol. The molecule has 0 amide bonds. The second kappa shape index (κ2) is 25.7. The van der Waals surface area contributed by atoms with Crippen LogP contribution in [0.1, 0.15) is 184 Å². The van der Waals surface area contributed by atoms with Gasteiger partial charge in [-0.15, -0.1) is 0 Å². The number of hydrogen-bond acceptors (Lipinski definition) is 0. The summed E-state index contributed by atoms with van der Waals surface area (Å²) in [4.78, 5) is 0. The van der Waals surface area contributed by atoms with Crippen LogP contribution in [0.3, 0.4) is 0 Å². The fourth-order valence-corrected chi connectivity index (χ4v) is 6.75. The Bertz CT molecular complexity index is 386. The second-order valence-electron chi connectivity index (χ2n) is 14.6. The third kappa shape index (κ3) is 26.7. The summed E-state index contributed by atoms with van der Waals surface area (Å²) in [5, 5.41) is 0. The number of halogens is 1. The molecule has 0 unspecified atom stereocenters. The highest BCUT2D eigenvalue weighted by atomic mass is 127. The summed E-state index contributed by atoms with van der Waals surface area (Å²) >= 11 is 2.60. The summed E-state index contributed by atoms with van der Waals surface area (Å²) in [5.41, 5.74) is 0. The third-order valence-corrected chi connectivity index (χ3v) is 9.53. The number of hydrogen-bond donors (Lipinski definition) is 0. The maximum absolute atomic E-state index is 2.60. The van der Waals surface area contributed by atoms with E-state index in [0.717, 1.165) is 41.4 Å². The van der Waals surface area contributed by atoms with Gasteiger partial charge in [0.15, 0.2) is 0 Å². The number of alkyl halides is 1. The maximum Gasteiger partial charge on any atom is -0.000463 e. The predicted octanol–water partition coefficient (Wildman–Crippen LogP) is 13.7. The van der Waals surface area contributed by atoms with Crippen molar-refractivity contribution in [1.29, 1.82) is 0 Å². The van der Waals surface area contributed by atoms with Gasteiger partial charge in [0.05, 0.1) is 0 Å². The van der Waals surface area contributed by atoms with Crippen LogP contribution in [0.15, 0.2) is 0 Å². The van der Waals surface area contributed by atoms with E-state index in [0.29, 0.717) is 0 Å². The molecule has 0 rings (SSSR count). The van der Waals surface area contributed by atoms with Gasteiger partial charge in [0.1, 0.15) is 0 Å². The van der Waals surface area contributed by atoms with Gasteiger partial charge in [0.2, 0.25) is 0 Å². The average molecular weight is 633 g/mol. The van der Waals surface area contributed by atoms with Gasteiger partial charge in [-0.05, 0) is 58.7 Å². The molecule has 0 spiro atoms. The molecular weight excluding hydrogens is 559 g/mol. The van der Waals surface area contributed by atoms with Gasteiger partial charge in [-0.1, -0.05) is 194 Å². The average Bonchev–Trinajstić information content (AvgIpc) is 2.80. The summed E-state index contributed by atoms with van der Waals surface area (Å²) in [5.74, 6) is 6.46. The molecule has 0 aliphatic rings. The van der Waals surface area contributed by atoms with Crippen molar-refractivity contribution in [3.8, 4) is 0 Å². The molecule has 0 nitrogen and oxygen atoms in total. The molecule has 0 bridgehead atoms. The van der Waals surface area contributed by atoms with E-state index in [1.807, 2.05) is 0 Å². The van der Waals surface area contributed by atoms with E-state index in [2.05, 4.69) is 78.0 Å². The van der Waals surface area contributed by atoms with Gasteiger partial charge in [-0.2, -0.15) is 0 Å². The first-order valence-electron chi connectivity index (χ1n) is 17.2. The quantitative estimate of drug-likeness (QED) is 0.0624. The van der Waals surface area contributed by atoms with Gasteiger partial charge in [-0.3, -0.25) is 0 Å². The van der Waals surface area contributed by atoms with E-state index in [4.69, 9.17) is 0 Å². The van der Waals surface area contributed by atoms with Crippen LogP contribution in [0.2, 0.25) is 0 Å². The number of rotatable bonds is 27. The highest BCUT2D eigenvalue weighted by molar-refractivity contribution is 14.1. The van der Waals surface area contributed by atoms with Crippen molar-refractivity contribution < 1.29 is 0 Å². The summed E-state index contributed by atoms with van der Waals surface area (Å²) in [6.07, 6.45) is 29.4. The van der Waals surface area contributed by atoms with Crippen molar-refractivity contribution in [1.82, 2.24) is 0 Å². The molecule has 0 aromatic carbocycles. The highest BCUT2D eigenvalue weighted by Gasteiger charge is 2.15. The lowest BCUT2D eigenvalue weighted by molar-refractivity contribution is 0.309. The zero-order valence-electron chi connectivity index (χ0n) is 27.3. The minimum absolute atomic E-state index is 0.869. The van der Waals surface area contributed by atoms with Crippen LogP contribution in [0.5, 0.6) is 0 Å². The second-order valence-corrected chi connectivity index (χ2v) is 15.7. The van der Waals surface area contributed by atoms with E-state index in [9.17, 15) is 0 Å². The fraction of sp³-hybridized carbons (Fsp3) is 1.00. The Morgan fingerprint density at radius 2 is 0.486 bits per heavy atom. The summed E-state index contributed by atoms with van der Waals surface area (Å²) < 4.78 is 1.34. The van der Waals surface area contributed by atoms with Gasteiger partial charge in [0, 0.05) is 0 Å². The van der Waals surface area contributed by atoms with Crippen molar-refractivity contribution in [2.75, 3.05) is 4.43 Å². The zero-order chi connectivity index (χ0) is 27.9. The van der Waals surface area contributed by atoms with Crippen LogP contribution in [0, 0.1) is 41.4 Å². The molecular formula is C36H73I. The van der Waals surface area contributed by atoms with Gasteiger partial charge < -0.3 is 0 Å².